The molecule has 1 nitrogen and oxygen atoms in total. The minimum Gasteiger partial charge on any atom is -0.512 e. The van der Waals surface area contributed by atoms with Crippen LogP contribution in [0.2, 0.25) is 0 Å². The van der Waals surface area contributed by atoms with Crippen molar-refractivity contribution in [3.63, 3.8) is 0 Å². The van der Waals surface area contributed by atoms with Gasteiger partial charge in [0.25, 0.3) is 0 Å². The first-order valence-corrected chi connectivity index (χ1v) is 4.71. The molecule has 0 saturated heterocycles. The van der Waals surface area contributed by atoms with Crippen molar-refractivity contribution in [3.8, 4) is 11.1 Å². The van der Waals surface area contributed by atoms with E-state index in [1.807, 2.05) is 6.07 Å². The molecule has 0 amide bonds. The number of aryl methyl sites for hydroxylation is 1. The largest absolute Gasteiger partial charge is 0.512 e. The second-order valence-electron chi connectivity index (χ2n) is 3.24. The minimum atomic E-state index is 1.28. The van der Waals surface area contributed by atoms with Crippen molar-refractivity contribution in [2.24, 2.45) is 0 Å². The summed E-state index contributed by atoms with van der Waals surface area (Å²) in [5.41, 5.74) is 3.88. The van der Waals surface area contributed by atoms with E-state index >= 15 is 0 Å². The number of hydrogen-bond donors (Lipinski definition) is 0. The summed E-state index contributed by atoms with van der Waals surface area (Å²) < 4.78 is 0. The molecule has 0 aliphatic heterocycles. The second kappa shape index (κ2) is 5.62. The van der Waals surface area contributed by atoms with Crippen LogP contribution in [0.15, 0.2) is 54.6 Å². The van der Waals surface area contributed by atoms with Crippen molar-refractivity contribution in [1.29, 1.82) is 5.26 Å². The van der Waals surface area contributed by atoms with Gasteiger partial charge in [0, 0.05) is 0 Å². The topological polar surface area (TPSA) is 23.8 Å². The number of hydrogen-bond acceptors (Lipinski definition) is 1. The molecule has 1 heteroatoms. The number of rotatable bonds is 1. The Labute approximate surface area is 90.6 Å². The predicted molar refractivity (Wildman–Crippen MR) is 61.6 cm³/mol. The Balaban J connectivity index is 0.000000531. The van der Waals surface area contributed by atoms with Gasteiger partial charge in [0.2, 0.25) is 0 Å². The quantitative estimate of drug-likeness (QED) is 0.634. The van der Waals surface area contributed by atoms with E-state index < -0.39 is 0 Å². The number of benzene rings is 2. The molecule has 0 unspecified atom stereocenters. The molecule has 0 N–H and O–H groups in total. The average molecular weight is 194 g/mol. The van der Waals surface area contributed by atoms with Gasteiger partial charge in [-0.05, 0) is 18.1 Å². The first-order valence-electron chi connectivity index (χ1n) is 4.71. The lowest BCUT2D eigenvalue weighted by molar-refractivity contribution is 1.47. The third-order valence-corrected chi connectivity index (χ3v) is 2.13. The highest BCUT2D eigenvalue weighted by Gasteiger charge is 1.94. The molecule has 0 fully saturated rings. The standard InChI is InChI=1S/C13H12.CN/c1-11-6-5-9-13(10-11)12-7-3-2-4-8-12;1-2/h2-10H,1H3;/q;-1. The molecule has 2 aromatic rings. The molecule has 15 heavy (non-hydrogen) atoms. The molecule has 0 aromatic heterocycles. The molecule has 2 aromatic carbocycles. The molecule has 74 valence electrons. The van der Waals surface area contributed by atoms with Gasteiger partial charge in [-0.3, -0.25) is 0 Å². The molecule has 0 atom stereocenters. The molecule has 0 heterocycles. The summed E-state index contributed by atoms with van der Waals surface area (Å²) in [6, 6.07) is 19.0. The average Bonchev–Trinajstić information content (AvgIpc) is 2.33. The molecule has 0 radical (unpaired) electrons. The third-order valence-electron chi connectivity index (χ3n) is 2.13. The molecular weight excluding hydrogens is 182 g/mol. The van der Waals surface area contributed by atoms with E-state index in [1.54, 1.807) is 0 Å². The van der Waals surface area contributed by atoms with E-state index in [0.717, 1.165) is 0 Å². The summed E-state index contributed by atoms with van der Waals surface area (Å²) in [5, 5.41) is 6.25. The summed E-state index contributed by atoms with van der Waals surface area (Å²) in [6.45, 7) is 6.87. The maximum absolute atomic E-state index is 6.25. The highest BCUT2D eigenvalue weighted by molar-refractivity contribution is 5.63. The van der Waals surface area contributed by atoms with Gasteiger partial charge in [-0.1, -0.05) is 60.2 Å². The lowest BCUT2D eigenvalue weighted by Crippen LogP contribution is -1.77. The van der Waals surface area contributed by atoms with Crippen LogP contribution in [0, 0.1) is 18.8 Å². The van der Waals surface area contributed by atoms with E-state index in [1.165, 1.54) is 16.7 Å². The van der Waals surface area contributed by atoms with Crippen molar-refractivity contribution < 1.29 is 0 Å². The summed E-state index contributed by atoms with van der Waals surface area (Å²) in [5.74, 6) is 0. The second-order valence-corrected chi connectivity index (χ2v) is 3.24. The zero-order valence-electron chi connectivity index (χ0n) is 8.64. The van der Waals surface area contributed by atoms with Crippen LogP contribution < -0.4 is 0 Å². The fraction of sp³-hybridized carbons (Fsp3) is 0.0714. The maximum Gasteiger partial charge on any atom is -0.0181 e. The van der Waals surface area contributed by atoms with E-state index in [4.69, 9.17) is 11.8 Å². The normalized spacial score (nSPS) is 8.73. The Morgan fingerprint density at radius 3 is 2.00 bits per heavy atom. The monoisotopic (exact) mass is 194 g/mol. The van der Waals surface area contributed by atoms with Crippen LogP contribution in [0.3, 0.4) is 0 Å². The SMILES string of the molecule is Cc1cccc(-c2ccccc2)c1.[C-]#N. The Morgan fingerprint density at radius 2 is 1.40 bits per heavy atom. The first-order chi connectivity index (χ1) is 7.36. The zero-order valence-corrected chi connectivity index (χ0v) is 8.64. The van der Waals surface area contributed by atoms with Crippen molar-refractivity contribution >= 4 is 0 Å². The Hall–Kier alpha value is -2.07. The van der Waals surface area contributed by atoms with Gasteiger partial charge >= 0.3 is 0 Å². The smallest absolute Gasteiger partial charge is 0.0181 e. The zero-order chi connectivity index (χ0) is 11.1. The van der Waals surface area contributed by atoms with Crippen LogP contribution in [0.4, 0.5) is 0 Å². The molecule has 2 rings (SSSR count). The Kier molecular flexibility index (Phi) is 4.12. The van der Waals surface area contributed by atoms with E-state index in [2.05, 4.69) is 55.5 Å². The highest BCUT2D eigenvalue weighted by atomic mass is 14.2. The van der Waals surface area contributed by atoms with Crippen LogP contribution in [0.25, 0.3) is 11.1 Å². The Bertz CT molecular complexity index is 429. The molecule has 0 spiro atoms. The fourth-order valence-electron chi connectivity index (χ4n) is 1.46. The summed E-state index contributed by atoms with van der Waals surface area (Å²) >= 11 is 0. The van der Waals surface area contributed by atoms with Gasteiger partial charge in [-0.15, -0.1) is 0 Å². The summed E-state index contributed by atoms with van der Waals surface area (Å²) in [6.07, 6.45) is 0. The summed E-state index contributed by atoms with van der Waals surface area (Å²) in [4.78, 5) is 0. The predicted octanol–water partition coefficient (Wildman–Crippen LogP) is 3.76. The van der Waals surface area contributed by atoms with E-state index in [9.17, 15) is 0 Å². The fourth-order valence-corrected chi connectivity index (χ4v) is 1.46. The molecule has 0 bridgehead atoms. The van der Waals surface area contributed by atoms with E-state index in [-0.39, 0.29) is 0 Å². The minimum absolute atomic E-state index is 1.28. The van der Waals surface area contributed by atoms with Gasteiger partial charge in [0.15, 0.2) is 0 Å². The van der Waals surface area contributed by atoms with Crippen molar-refractivity contribution in [1.82, 2.24) is 0 Å². The van der Waals surface area contributed by atoms with Crippen LogP contribution in [-0.4, -0.2) is 0 Å². The van der Waals surface area contributed by atoms with Gasteiger partial charge in [-0.25, -0.2) is 0 Å². The van der Waals surface area contributed by atoms with Crippen LogP contribution in [0.1, 0.15) is 5.56 Å². The van der Waals surface area contributed by atoms with Crippen LogP contribution >= 0.6 is 0 Å². The third kappa shape index (κ3) is 2.96. The number of nitrogens with zero attached hydrogens (tertiary/aromatic N) is 1. The van der Waals surface area contributed by atoms with Crippen molar-refractivity contribution in [2.75, 3.05) is 0 Å². The summed E-state index contributed by atoms with van der Waals surface area (Å²) in [7, 11) is 0. The van der Waals surface area contributed by atoms with Gasteiger partial charge in [-0.2, -0.15) is 0 Å². The lowest BCUT2D eigenvalue weighted by Gasteiger charge is -2.01. The van der Waals surface area contributed by atoms with Crippen LogP contribution in [0.5, 0.6) is 0 Å². The lowest BCUT2D eigenvalue weighted by atomic mass is 10.0. The Morgan fingerprint density at radius 1 is 0.800 bits per heavy atom. The van der Waals surface area contributed by atoms with Gasteiger partial charge in [0.1, 0.15) is 0 Å². The molecule has 0 saturated carbocycles. The van der Waals surface area contributed by atoms with Crippen molar-refractivity contribution in [3.05, 3.63) is 66.7 Å². The molecule has 0 aliphatic carbocycles. The first kappa shape index (κ1) is 11.0. The highest BCUT2D eigenvalue weighted by Crippen LogP contribution is 2.19. The maximum atomic E-state index is 6.25. The van der Waals surface area contributed by atoms with Crippen molar-refractivity contribution in [2.45, 2.75) is 6.92 Å². The van der Waals surface area contributed by atoms with E-state index in [0.29, 0.717) is 0 Å². The van der Waals surface area contributed by atoms with Crippen LogP contribution in [-0.2, 0) is 0 Å². The van der Waals surface area contributed by atoms with Gasteiger partial charge < -0.3 is 11.8 Å². The molecular formula is C14H12N-. The van der Waals surface area contributed by atoms with Gasteiger partial charge in [0.05, 0.1) is 0 Å². The molecule has 0 aliphatic rings.